The molecule has 31 heavy (non-hydrogen) atoms. The van der Waals surface area contributed by atoms with Gasteiger partial charge in [0.05, 0.1) is 23.2 Å². The first-order chi connectivity index (χ1) is 15.0. The molecular weight excluding hydrogens is 414 g/mol. The van der Waals surface area contributed by atoms with Crippen LogP contribution in [0.25, 0.3) is 5.69 Å². The van der Waals surface area contributed by atoms with Crippen LogP contribution in [0.4, 0.5) is 5.69 Å². The average molecular weight is 436 g/mol. The molecule has 158 valence electrons. The van der Waals surface area contributed by atoms with Crippen LogP contribution in [0.15, 0.2) is 59.4 Å². The predicted octanol–water partition coefficient (Wildman–Crippen LogP) is 3.09. The Kier molecular flexibility index (Phi) is 4.82. The molecular formula is C24H22ClN3O3. The smallest absolute Gasteiger partial charge is 0.295 e. The number of halogens is 1. The number of para-hydroxylation sites is 1. The van der Waals surface area contributed by atoms with Gasteiger partial charge in [0.25, 0.3) is 0 Å². The highest BCUT2D eigenvalue weighted by atomic mass is 35.5. The molecule has 2 atom stereocenters. The van der Waals surface area contributed by atoms with Gasteiger partial charge in [-0.25, -0.2) is 4.79 Å². The summed E-state index contributed by atoms with van der Waals surface area (Å²) in [5, 5.41) is 0. The highest BCUT2D eigenvalue weighted by Crippen LogP contribution is 2.40. The summed E-state index contributed by atoms with van der Waals surface area (Å²) in [6, 6.07) is 16.8. The lowest BCUT2D eigenvalue weighted by Gasteiger charge is -2.23. The van der Waals surface area contributed by atoms with Crippen LogP contribution < -0.4 is 10.6 Å². The van der Waals surface area contributed by atoms with Crippen molar-refractivity contribution in [3.05, 3.63) is 82.0 Å². The SMILES string of the molecule is Cc1cccc(-n2c3c(n(CCCl)c2=O)CC2C(=O)N(c4ccccc4)C(=O)C2C3)c1. The number of imidazole rings is 1. The van der Waals surface area contributed by atoms with Crippen LogP contribution in [0.3, 0.4) is 0 Å². The minimum Gasteiger partial charge on any atom is -0.295 e. The maximum absolute atomic E-state index is 13.3. The highest BCUT2D eigenvalue weighted by Gasteiger charge is 2.51. The van der Waals surface area contributed by atoms with E-state index in [4.69, 9.17) is 11.6 Å². The van der Waals surface area contributed by atoms with E-state index in [9.17, 15) is 14.4 Å². The van der Waals surface area contributed by atoms with Crippen molar-refractivity contribution >= 4 is 29.1 Å². The van der Waals surface area contributed by atoms with Gasteiger partial charge in [-0.1, -0.05) is 30.3 Å². The Balaban J connectivity index is 1.62. The molecule has 6 nitrogen and oxygen atoms in total. The third-order valence-corrected chi connectivity index (χ3v) is 6.49. The van der Waals surface area contributed by atoms with Crippen LogP contribution in [0, 0.1) is 18.8 Å². The number of aromatic nitrogens is 2. The lowest BCUT2D eigenvalue weighted by Crippen LogP contribution is -2.31. The summed E-state index contributed by atoms with van der Waals surface area (Å²) in [6.07, 6.45) is 0.714. The summed E-state index contributed by atoms with van der Waals surface area (Å²) in [6.45, 7) is 2.34. The van der Waals surface area contributed by atoms with Crippen LogP contribution in [-0.2, 0) is 29.0 Å². The summed E-state index contributed by atoms with van der Waals surface area (Å²) in [5.41, 5.74) is 3.85. The Labute approximate surface area is 184 Å². The number of carbonyl (C=O) groups is 2. The quantitative estimate of drug-likeness (QED) is 0.467. The van der Waals surface area contributed by atoms with Gasteiger partial charge in [0.2, 0.25) is 11.8 Å². The molecule has 3 aromatic rings. The van der Waals surface area contributed by atoms with Crippen molar-refractivity contribution in [3.8, 4) is 5.69 Å². The van der Waals surface area contributed by atoms with Crippen molar-refractivity contribution in [3.63, 3.8) is 0 Å². The van der Waals surface area contributed by atoms with Crippen molar-refractivity contribution in [2.24, 2.45) is 11.8 Å². The Morgan fingerprint density at radius 2 is 1.52 bits per heavy atom. The van der Waals surface area contributed by atoms with Crippen molar-refractivity contribution in [1.29, 1.82) is 0 Å². The largest absolute Gasteiger partial charge is 0.333 e. The second kappa shape index (κ2) is 7.54. The molecule has 1 aromatic heterocycles. The summed E-state index contributed by atoms with van der Waals surface area (Å²) in [5.74, 6) is -1.03. The number of carbonyl (C=O) groups excluding carboxylic acids is 2. The number of amides is 2. The third kappa shape index (κ3) is 3.05. The number of imide groups is 1. The number of hydrogen-bond donors (Lipinski definition) is 0. The number of hydrogen-bond acceptors (Lipinski definition) is 3. The van der Waals surface area contributed by atoms with E-state index in [1.54, 1.807) is 21.3 Å². The minimum atomic E-state index is -0.470. The van der Waals surface area contributed by atoms with E-state index in [1.807, 2.05) is 49.4 Å². The van der Waals surface area contributed by atoms with Crippen molar-refractivity contribution in [1.82, 2.24) is 9.13 Å². The Morgan fingerprint density at radius 3 is 2.16 bits per heavy atom. The number of aryl methyl sites for hydroxylation is 1. The molecule has 0 bridgehead atoms. The summed E-state index contributed by atoms with van der Waals surface area (Å²) in [7, 11) is 0. The number of anilines is 1. The van der Waals surface area contributed by atoms with Gasteiger partial charge in [-0.3, -0.25) is 23.6 Å². The molecule has 0 spiro atoms. The van der Waals surface area contributed by atoms with E-state index in [1.165, 1.54) is 4.90 Å². The third-order valence-electron chi connectivity index (χ3n) is 6.32. The van der Waals surface area contributed by atoms with Crippen LogP contribution in [0.1, 0.15) is 17.0 Å². The fraction of sp³-hybridized carbons (Fsp3) is 0.292. The zero-order valence-corrected chi connectivity index (χ0v) is 17.9. The van der Waals surface area contributed by atoms with Gasteiger partial charge >= 0.3 is 5.69 Å². The van der Waals surface area contributed by atoms with E-state index in [0.29, 0.717) is 31.0 Å². The first-order valence-corrected chi connectivity index (χ1v) is 10.9. The molecule has 2 amide bonds. The fourth-order valence-electron chi connectivity index (χ4n) is 4.91. The fourth-order valence-corrected chi connectivity index (χ4v) is 5.08. The van der Waals surface area contributed by atoms with E-state index >= 15 is 0 Å². The van der Waals surface area contributed by atoms with Crippen LogP contribution in [0.5, 0.6) is 0 Å². The Morgan fingerprint density at radius 1 is 0.871 bits per heavy atom. The molecule has 5 rings (SSSR count). The molecule has 2 unspecified atom stereocenters. The molecule has 0 saturated carbocycles. The Bertz CT molecular complexity index is 1240. The van der Waals surface area contributed by atoms with Gasteiger partial charge < -0.3 is 0 Å². The van der Waals surface area contributed by atoms with E-state index in [2.05, 4.69) is 0 Å². The second-order valence-corrected chi connectivity index (χ2v) is 8.54. The van der Waals surface area contributed by atoms with Crippen LogP contribution in [0.2, 0.25) is 0 Å². The minimum absolute atomic E-state index is 0.170. The number of benzene rings is 2. The van der Waals surface area contributed by atoms with Gasteiger partial charge in [0.1, 0.15) is 0 Å². The summed E-state index contributed by atoms with van der Waals surface area (Å²) >= 11 is 6.00. The molecule has 7 heteroatoms. The molecule has 1 aliphatic heterocycles. The second-order valence-electron chi connectivity index (χ2n) is 8.16. The molecule has 2 aliphatic rings. The normalized spacial score (nSPS) is 20.1. The maximum Gasteiger partial charge on any atom is 0.333 e. The van der Waals surface area contributed by atoms with Crippen molar-refractivity contribution < 1.29 is 9.59 Å². The van der Waals surface area contributed by atoms with Crippen LogP contribution >= 0.6 is 11.6 Å². The summed E-state index contributed by atoms with van der Waals surface area (Å²) < 4.78 is 3.36. The van der Waals surface area contributed by atoms with E-state index in [0.717, 1.165) is 22.6 Å². The number of fused-ring (bicyclic) bond motifs is 2. The number of rotatable bonds is 4. The Hall–Kier alpha value is -3.12. The molecule has 1 saturated heterocycles. The average Bonchev–Trinajstić information content (AvgIpc) is 3.18. The van der Waals surface area contributed by atoms with Gasteiger partial charge in [-0.2, -0.15) is 0 Å². The topological polar surface area (TPSA) is 64.3 Å². The monoisotopic (exact) mass is 435 g/mol. The van der Waals surface area contributed by atoms with Gasteiger partial charge in [0.15, 0.2) is 0 Å². The van der Waals surface area contributed by atoms with Crippen molar-refractivity contribution in [2.75, 3.05) is 10.8 Å². The van der Waals surface area contributed by atoms with Crippen LogP contribution in [-0.4, -0.2) is 26.8 Å². The lowest BCUT2D eigenvalue weighted by molar-refractivity contribution is -0.122. The number of nitrogens with zero attached hydrogens (tertiary/aromatic N) is 3. The zero-order chi connectivity index (χ0) is 21.7. The molecule has 2 heterocycles. The van der Waals surface area contributed by atoms with E-state index in [-0.39, 0.29) is 17.5 Å². The molecule has 1 aliphatic carbocycles. The van der Waals surface area contributed by atoms with Gasteiger partial charge in [0, 0.05) is 36.7 Å². The number of alkyl halides is 1. The first-order valence-electron chi connectivity index (χ1n) is 10.4. The maximum atomic E-state index is 13.3. The van der Waals surface area contributed by atoms with Crippen molar-refractivity contribution in [2.45, 2.75) is 26.3 Å². The predicted molar refractivity (Wildman–Crippen MR) is 119 cm³/mol. The molecule has 2 aromatic carbocycles. The molecule has 0 radical (unpaired) electrons. The summed E-state index contributed by atoms with van der Waals surface area (Å²) in [4.78, 5) is 41.1. The standard InChI is InChI=1S/C24H22ClN3O3/c1-15-6-5-9-17(12-15)27-21-14-19-18(13-20(21)26(11-10-25)24(27)31)22(29)28(23(19)30)16-7-3-2-4-8-16/h2-9,12,18-19H,10-11,13-14H2,1H3. The lowest BCUT2D eigenvalue weighted by atomic mass is 9.81. The first kappa shape index (κ1) is 19.8. The molecule has 1 fully saturated rings. The highest BCUT2D eigenvalue weighted by molar-refractivity contribution is 6.22. The van der Waals surface area contributed by atoms with Gasteiger partial charge in [-0.05, 0) is 36.8 Å². The van der Waals surface area contributed by atoms with E-state index < -0.39 is 11.8 Å². The van der Waals surface area contributed by atoms with Gasteiger partial charge in [-0.15, -0.1) is 11.6 Å². The zero-order valence-electron chi connectivity index (χ0n) is 17.1. The molecule has 0 N–H and O–H groups in total.